The van der Waals surface area contributed by atoms with Gasteiger partial charge in [0.15, 0.2) is 0 Å². The minimum atomic E-state index is -3.88. The molecule has 1 heterocycles. The van der Waals surface area contributed by atoms with E-state index in [1.54, 1.807) is 25.1 Å². The molecule has 0 amide bonds. The first-order chi connectivity index (χ1) is 12.3. The molecule has 26 heavy (non-hydrogen) atoms. The Morgan fingerprint density at radius 1 is 1.08 bits per heavy atom. The standard InChI is InChI=1S/C19H22N2O4S/c1-13-5-8-18(14(2)11-13)26(24,25)20-17-7-6-15(12-16(17)19(22)23)21-9-3-4-10-21/h5-8,11-12,20H,3-4,9-10H2,1-2H3,(H,22,23). The van der Waals surface area contributed by atoms with Gasteiger partial charge in [-0.15, -0.1) is 0 Å². The third-order valence-corrected chi connectivity index (χ3v) is 6.09. The average Bonchev–Trinajstić information content (AvgIpc) is 3.08. The van der Waals surface area contributed by atoms with Crippen molar-refractivity contribution >= 4 is 27.4 Å². The van der Waals surface area contributed by atoms with Gasteiger partial charge < -0.3 is 10.0 Å². The molecule has 6 nitrogen and oxygen atoms in total. The highest BCUT2D eigenvalue weighted by molar-refractivity contribution is 7.92. The zero-order valence-electron chi connectivity index (χ0n) is 14.8. The highest BCUT2D eigenvalue weighted by Crippen LogP contribution is 2.28. The summed E-state index contributed by atoms with van der Waals surface area (Å²) < 4.78 is 27.9. The lowest BCUT2D eigenvalue weighted by molar-refractivity contribution is 0.0698. The molecule has 0 aliphatic carbocycles. The Morgan fingerprint density at radius 3 is 2.38 bits per heavy atom. The molecule has 1 aliphatic heterocycles. The van der Waals surface area contributed by atoms with E-state index >= 15 is 0 Å². The van der Waals surface area contributed by atoms with E-state index in [9.17, 15) is 18.3 Å². The summed E-state index contributed by atoms with van der Waals surface area (Å²) in [4.78, 5) is 13.9. The fraction of sp³-hybridized carbons (Fsp3) is 0.316. The first-order valence-electron chi connectivity index (χ1n) is 8.50. The lowest BCUT2D eigenvalue weighted by Gasteiger charge is -2.19. The van der Waals surface area contributed by atoms with Gasteiger partial charge in [0.2, 0.25) is 0 Å². The van der Waals surface area contributed by atoms with Gasteiger partial charge in [0.05, 0.1) is 16.1 Å². The summed E-state index contributed by atoms with van der Waals surface area (Å²) in [5.41, 5.74) is 2.39. The summed E-state index contributed by atoms with van der Waals surface area (Å²) >= 11 is 0. The molecule has 0 saturated carbocycles. The van der Waals surface area contributed by atoms with Crippen LogP contribution in [0.4, 0.5) is 11.4 Å². The highest BCUT2D eigenvalue weighted by Gasteiger charge is 2.22. The van der Waals surface area contributed by atoms with Crippen molar-refractivity contribution in [1.29, 1.82) is 0 Å². The molecule has 0 bridgehead atoms. The van der Waals surface area contributed by atoms with Crippen LogP contribution in [-0.4, -0.2) is 32.6 Å². The van der Waals surface area contributed by atoms with Gasteiger partial charge >= 0.3 is 5.97 Å². The quantitative estimate of drug-likeness (QED) is 0.838. The van der Waals surface area contributed by atoms with Crippen molar-refractivity contribution in [3.8, 4) is 0 Å². The smallest absolute Gasteiger partial charge is 0.337 e. The van der Waals surface area contributed by atoms with Crippen molar-refractivity contribution < 1.29 is 18.3 Å². The van der Waals surface area contributed by atoms with Crippen LogP contribution in [0.15, 0.2) is 41.3 Å². The minimum absolute atomic E-state index is 0.0530. The number of rotatable bonds is 5. The van der Waals surface area contributed by atoms with Crippen LogP contribution in [-0.2, 0) is 10.0 Å². The van der Waals surface area contributed by atoms with Crippen LogP contribution < -0.4 is 9.62 Å². The first kappa shape index (κ1) is 18.3. The van der Waals surface area contributed by atoms with Gasteiger partial charge in [-0.2, -0.15) is 0 Å². The molecule has 0 atom stereocenters. The minimum Gasteiger partial charge on any atom is -0.478 e. The molecule has 1 fully saturated rings. The van der Waals surface area contributed by atoms with Crippen LogP contribution in [0.25, 0.3) is 0 Å². The lowest BCUT2D eigenvalue weighted by Crippen LogP contribution is -2.20. The number of hydrogen-bond acceptors (Lipinski definition) is 4. The van der Waals surface area contributed by atoms with E-state index in [4.69, 9.17) is 0 Å². The third kappa shape index (κ3) is 3.67. The summed E-state index contributed by atoms with van der Waals surface area (Å²) in [5, 5.41) is 9.54. The maximum atomic E-state index is 12.7. The Bertz CT molecular complexity index is 948. The number of nitrogens with zero attached hydrogens (tertiary/aromatic N) is 1. The molecule has 3 rings (SSSR count). The number of aryl methyl sites for hydroxylation is 2. The van der Waals surface area contributed by atoms with Crippen molar-refractivity contribution in [3.63, 3.8) is 0 Å². The van der Waals surface area contributed by atoms with Crippen LogP contribution in [0.3, 0.4) is 0 Å². The van der Waals surface area contributed by atoms with Crippen molar-refractivity contribution in [1.82, 2.24) is 0 Å². The monoisotopic (exact) mass is 374 g/mol. The van der Waals surface area contributed by atoms with Crippen LogP contribution in [0, 0.1) is 13.8 Å². The molecule has 0 spiro atoms. The number of carboxylic acids is 1. The van der Waals surface area contributed by atoms with Crippen LogP contribution in [0.1, 0.15) is 34.3 Å². The summed E-state index contributed by atoms with van der Waals surface area (Å²) in [7, 11) is -3.88. The van der Waals surface area contributed by atoms with Crippen LogP contribution >= 0.6 is 0 Å². The maximum Gasteiger partial charge on any atom is 0.337 e. The zero-order chi connectivity index (χ0) is 18.9. The van der Waals surface area contributed by atoms with Crippen LogP contribution in [0.2, 0.25) is 0 Å². The largest absolute Gasteiger partial charge is 0.478 e. The molecule has 1 saturated heterocycles. The van der Waals surface area contributed by atoms with Crippen LogP contribution in [0.5, 0.6) is 0 Å². The lowest BCUT2D eigenvalue weighted by atomic mass is 10.1. The maximum absolute atomic E-state index is 12.7. The molecule has 138 valence electrons. The van der Waals surface area contributed by atoms with E-state index in [1.807, 2.05) is 6.92 Å². The summed E-state index contributed by atoms with van der Waals surface area (Å²) in [6, 6.07) is 9.86. The van der Waals surface area contributed by atoms with Crippen molar-refractivity contribution in [2.24, 2.45) is 0 Å². The number of hydrogen-bond donors (Lipinski definition) is 2. The van der Waals surface area contributed by atoms with Gasteiger partial charge in [-0.05, 0) is 56.5 Å². The highest BCUT2D eigenvalue weighted by atomic mass is 32.2. The fourth-order valence-corrected chi connectivity index (χ4v) is 4.58. The Kier molecular flexibility index (Phi) is 4.91. The Labute approximate surface area is 153 Å². The Hall–Kier alpha value is -2.54. The predicted octanol–water partition coefficient (Wildman–Crippen LogP) is 3.40. The second-order valence-electron chi connectivity index (χ2n) is 6.60. The summed E-state index contributed by atoms with van der Waals surface area (Å²) in [5.74, 6) is -1.16. The number of carbonyl (C=O) groups is 1. The SMILES string of the molecule is Cc1ccc(S(=O)(=O)Nc2ccc(N3CCCC3)cc2C(=O)O)c(C)c1. The van der Waals surface area contributed by atoms with E-state index in [-0.39, 0.29) is 16.1 Å². The molecule has 2 aromatic rings. The second kappa shape index (κ2) is 6.99. The molecule has 1 aliphatic rings. The molecule has 2 aromatic carbocycles. The number of carboxylic acid groups (broad SMARTS) is 1. The predicted molar refractivity (Wildman–Crippen MR) is 102 cm³/mol. The Morgan fingerprint density at radius 2 is 1.77 bits per heavy atom. The molecule has 0 radical (unpaired) electrons. The van der Waals surface area contributed by atoms with Gasteiger partial charge in [0, 0.05) is 18.8 Å². The topological polar surface area (TPSA) is 86.7 Å². The number of benzene rings is 2. The van der Waals surface area contributed by atoms with Gasteiger partial charge in [0.1, 0.15) is 0 Å². The van der Waals surface area contributed by atoms with Gasteiger partial charge in [-0.3, -0.25) is 4.72 Å². The second-order valence-corrected chi connectivity index (χ2v) is 8.25. The van der Waals surface area contributed by atoms with E-state index < -0.39 is 16.0 Å². The van der Waals surface area contributed by atoms with E-state index in [0.29, 0.717) is 5.56 Å². The molecule has 0 unspecified atom stereocenters. The van der Waals surface area contributed by atoms with Gasteiger partial charge in [-0.25, -0.2) is 13.2 Å². The number of anilines is 2. The number of sulfonamides is 1. The Balaban J connectivity index is 1.96. The van der Waals surface area contributed by atoms with Crippen molar-refractivity contribution in [3.05, 3.63) is 53.1 Å². The fourth-order valence-electron chi connectivity index (χ4n) is 3.27. The molecule has 0 aromatic heterocycles. The van der Waals surface area contributed by atoms with E-state index in [0.717, 1.165) is 37.2 Å². The van der Waals surface area contributed by atoms with Crippen molar-refractivity contribution in [2.45, 2.75) is 31.6 Å². The number of aromatic carboxylic acids is 1. The number of nitrogens with one attached hydrogen (secondary N) is 1. The van der Waals surface area contributed by atoms with E-state index in [1.165, 1.54) is 18.2 Å². The molecular formula is C19H22N2O4S. The van der Waals surface area contributed by atoms with Crippen molar-refractivity contribution in [2.75, 3.05) is 22.7 Å². The normalized spacial score (nSPS) is 14.5. The first-order valence-corrected chi connectivity index (χ1v) is 9.98. The molecule has 7 heteroatoms. The average molecular weight is 374 g/mol. The van der Waals surface area contributed by atoms with Gasteiger partial charge in [0.25, 0.3) is 10.0 Å². The summed E-state index contributed by atoms with van der Waals surface area (Å²) in [6.45, 7) is 5.37. The molecule has 2 N–H and O–H groups in total. The third-order valence-electron chi connectivity index (χ3n) is 4.57. The van der Waals surface area contributed by atoms with Gasteiger partial charge in [-0.1, -0.05) is 17.7 Å². The summed E-state index contributed by atoms with van der Waals surface area (Å²) in [6.07, 6.45) is 2.15. The molecular weight excluding hydrogens is 352 g/mol. The zero-order valence-corrected chi connectivity index (χ0v) is 15.6. The van der Waals surface area contributed by atoms with E-state index in [2.05, 4.69) is 9.62 Å².